The van der Waals surface area contributed by atoms with Gasteiger partial charge < -0.3 is 4.74 Å². The zero-order chi connectivity index (χ0) is 15.7. The third-order valence-electron chi connectivity index (χ3n) is 3.66. The lowest BCUT2D eigenvalue weighted by molar-refractivity contribution is -0.152. The highest BCUT2D eigenvalue weighted by molar-refractivity contribution is 5.73. The number of H-pyrrole nitrogens is 1. The lowest BCUT2D eigenvalue weighted by atomic mass is 9.80. The number of carbonyl (C=O) groups is 1. The molecule has 1 saturated carbocycles. The second-order valence-electron chi connectivity index (χ2n) is 5.04. The Bertz CT molecular complexity index is 754. The minimum atomic E-state index is -0.651. The van der Waals surface area contributed by atoms with E-state index in [4.69, 9.17) is 4.74 Å². The summed E-state index contributed by atoms with van der Waals surface area (Å²) in [6, 6.07) is 1.33. The Morgan fingerprint density at radius 1 is 1.45 bits per heavy atom. The minimum absolute atomic E-state index is 0.0671. The van der Waals surface area contributed by atoms with Crippen molar-refractivity contribution >= 4 is 5.97 Å². The van der Waals surface area contributed by atoms with E-state index in [-0.39, 0.29) is 23.9 Å². The minimum Gasteiger partial charge on any atom is -0.466 e. The van der Waals surface area contributed by atoms with E-state index in [1.807, 2.05) is 0 Å². The molecule has 9 heteroatoms. The lowest BCUT2D eigenvalue weighted by Gasteiger charge is -2.33. The van der Waals surface area contributed by atoms with Gasteiger partial charge in [-0.3, -0.25) is 9.78 Å². The zero-order valence-electron chi connectivity index (χ0n) is 11.9. The number of rotatable bonds is 4. The van der Waals surface area contributed by atoms with Crippen LogP contribution >= 0.6 is 0 Å². The normalized spacial score (nSPS) is 20.4. The van der Waals surface area contributed by atoms with E-state index in [0.717, 1.165) is 4.57 Å². The Kier molecular flexibility index (Phi) is 3.61. The number of nitrogens with one attached hydrogen (secondary N) is 1. The highest BCUT2D eigenvalue weighted by Gasteiger charge is 2.38. The number of carbonyl (C=O) groups excluding carboxylic acids is 1. The van der Waals surface area contributed by atoms with Gasteiger partial charge in [0.05, 0.1) is 12.5 Å². The summed E-state index contributed by atoms with van der Waals surface area (Å²) in [5.41, 5.74) is -1.21. The number of hydrogen-bond donors (Lipinski definition) is 1. The van der Waals surface area contributed by atoms with E-state index in [2.05, 4.69) is 15.1 Å². The average molecular weight is 305 g/mol. The molecule has 0 aromatic carbocycles. The Hall–Kier alpha value is -2.71. The molecule has 0 radical (unpaired) electrons. The maximum absolute atomic E-state index is 12.1. The van der Waals surface area contributed by atoms with Crippen molar-refractivity contribution in [2.45, 2.75) is 25.8 Å². The maximum atomic E-state index is 12.1. The van der Waals surface area contributed by atoms with Crippen LogP contribution in [0.4, 0.5) is 0 Å². The van der Waals surface area contributed by atoms with Crippen LogP contribution in [-0.4, -0.2) is 36.9 Å². The van der Waals surface area contributed by atoms with Crippen molar-refractivity contribution in [2.75, 3.05) is 6.61 Å². The molecule has 1 aliphatic carbocycles. The first-order chi connectivity index (χ1) is 10.6. The summed E-state index contributed by atoms with van der Waals surface area (Å²) >= 11 is 0. The summed E-state index contributed by atoms with van der Waals surface area (Å²) in [7, 11) is 0. The largest absolute Gasteiger partial charge is 0.466 e. The number of hydrogen-bond acceptors (Lipinski definition) is 6. The van der Waals surface area contributed by atoms with Crippen LogP contribution in [0.5, 0.6) is 0 Å². The molecule has 0 spiro atoms. The molecule has 1 N–H and O–H groups in total. The molecule has 1 fully saturated rings. The maximum Gasteiger partial charge on any atom is 0.355 e. The predicted octanol–water partition coefficient (Wildman–Crippen LogP) is -0.369. The van der Waals surface area contributed by atoms with E-state index in [1.165, 1.54) is 10.9 Å². The number of esters is 1. The predicted molar refractivity (Wildman–Crippen MR) is 74.6 cm³/mol. The molecule has 0 amide bonds. The van der Waals surface area contributed by atoms with E-state index in [0.29, 0.717) is 19.4 Å². The van der Waals surface area contributed by atoms with Crippen molar-refractivity contribution in [3.05, 3.63) is 39.4 Å². The van der Waals surface area contributed by atoms with Crippen LogP contribution in [0.25, 0.3) is 5.95 Å². The molecule has 0 aliphatic heterocycles. The van der Waals surface area contributed by atoms with Gasteiger partial charge in [-0.2, -0.15) is 10.1 Å². The summed E-state index contributed by atoms with van der Waals surface area (Å²) < 4.78 is 7.26. The zero-order valence-corrected chi connectivity index (χ0v) is 11.9. The highest BCUT2D eigenvalue weighted by atomic mass is 16.5. The number of ether oxygens (including phenoxy) is 1. The van der Waals surface area contributed by atoms with Crippen LogP contribution in [0.15, 0.2) is 28.0 Å². The molecule has 9 nitrogen and oxygen atoms in total. The molecule has 2 heterocycles. The fraction of sp³-hybridized carbons (Fsp3) is 0.462. The summed E-state index contributed by atoms with van der Waals surface area (Å²) in [6.45, 7) is 2.06. The van der Waals surface area contributed by atoms with Gasteiger partial charge in [0, 0.05) is 18.4 Å². The molecule has 0 atom stereocenters. The molecular weight excluding hydrogens is 290 g/mol. The Labute approximate surface area is 124 Å². The van der Waals surface area contributed by atoms with Crippen molar-refractivity contribution in [2.24, 2.45) is 5.92 Å². The molecule has 22 heavy (non-hydrogen) atoms. The number of aromatic nitrogens is 5. The van der Waals surface area contributed by atoms with E-state index < -0.39 is 11.4 Å². The molecule has 0 saturated heterocycles. The van der Waals surface area contributed by atoms with Crippen LogP contribution in [0.2, 0.25) is 0 Å². The van der Waals surface area contributed by atoms with E-state index >= 15 is 0 Å². The van der Waals surface area contributed by atoms with Crippen molar-refractivity contribution < 1.29 is 9.53 Å². The van der Waals surface area contributed by atoms with Crippen molar-refractivity contribution in [1.29, 1.82) is 0 Å². The van der Waals surface area contributed by atoms with Crippen molar-refractivity contribution in [1.82, 2.24) is 24.3 Å². The van der Waals surface area contributed by atoms with Gasteiger partial charge in [0.2, 0.25) is 5.95 Å². The summed E-state index contributed by atoms with van der Waals surface area (Å²) in [4.78, 5) is 42.1. The Morgan fingerprint density at radius 2 is 2.23 bits per heavy atom. The first-order valence-electron chi connectivity index (χ1n) is 6.99. The van der Waals surface area contributed by atoms with E-state index in [9.17, 15) is 14.4 Å². The molecular formula is C13H15N5O4. The van der Waals surface area contributed by atoms with Gasteiger partial charge in [-0.1, -0.05) is 0 Å². The van der Waals surface area contributed by atoms with Gasteiger partial charge in [0.25, 0.3) is 0 Å². The molecule has 2 aromatic rings. The van der Waals surface area contributed by atoms with Crippen molar-refractivity contribution in [3.8, 4) is 5.95 Å². The first kappa shape index (κ1) is 14.2. The van der Waals surface area contributed by atoms with E-state index in [1.54, 1.807) is 19.2 Å². The standard InChI is InChI=1S/C13H15N5O4/c1-2-22-10(19)8-6-9(7-8)18-12(20)15-11(16-13(18)21)17-5-3-4-14-17/h3-5,8-9H,2,6-7H2,1H3,(H,15,16,20,21)/t8-,9-. The molecule has 116 valence electrons. The van der Waals surface area contributed by atoms with Gasteiger partial charge >= 0.3 is 17.3 Å². The highest BCUT2D eigenvalue weighted by Crippen LogP contribution is 2.36. The van der Waals surface area contributed by atoms with Gasteiger partial charge in [-0.15, -0.1) is 0 Å². The smallest absolute Gasteiger partial charge is 0.355 e. The second-order valence-corrected chi connectivity index (χ2v) is 5.04. The fourth-order valence-corrected chi connectivity index (χ4v) is 2.49. The van der Waals surface area contributed by atoms with Gasteiger partial charge in [-0.25, -0.2) is 18.8 Å². The van der Waals surface area contributed by atoms with Crippen LogP contribution in [0.3, 0.4) is 0 Å². The average Bonchev–Trinajstić information content (AvgIpc) is 2.94. The quantitative estimate of drug-likeness (QED) is 0.771. The molecule has 0 unspecified atom stereocenters. The molecule has 3 rings (SSSR count). The Morgan fingerprint density at radius 3 is 2.82 bits per heavy atom. The monoisotopic (exact) mass is 305 g/mol. The first-order valence-corrected chi connectivity index (χ1v) is 6.99. The van der Waals surface area contributed by atoms with Gasteiger partial charge in [-0.05, 0) is 25.8 Å². The fourth-order valence-electron chi connectivity index (χ4n) is 2.49. The van der Waals surface area contributed by atoms with Crippen LogP contribution in [-0.2, 0) is 9.53 Å². The summed E-state index contributed by atoms with van der Waals surface area (Å²) in [5.74, 6) is -0.482. The second kappa shape index (κ2) is 5.58. The van der Waals surface area contributed by atoms with Gasteiger partial charge in [0.15, 0.2) is 0 Å². The van der Waals surface area contributed by atoms with Crippen LogP contribution in [0.1, 0.15) is 25.8 Å². The Balaban J connectivity index is 1.81. The third kappa shape index (κ3) is 2.45. The number of aromatic amines is 1. The SMILES string of the molecule is CCOC(=O)[C@H]1C[C@H](n2c(=O)nc(-n3cccn3)[nH]c2=O)C1. The lowest BCUT2D eigenvalue weighted by Crippen LogP contribution is -2.46. The molecule has 2 aromatic heterocycles. The summed E-state index contributed by atoms with van der Waals surface area (Å²) in [5, 5.41) is 3.91. The number of nitrogens with zero attached hydrogens (tertiary/aromatic N) is 4. The van der Waals surface area contributed by atoms with Crippen molar-refractivity contribution in [3.63, 3.8) is 0 Å². The topological polar surface area (TPSA) is 112 Å². The molecule has 0 bridgehead atoms. The molecule has 1 aliphatic rings. The van der Waals surface area contributed by atoms with Crippen LogP contribution in [0, 0.1) is 5.92 Å². The van der Waals surface area contributed by atoms with Gasteiger partial charge in [0.1, 0.15) is 0 Å². The summed E-state index contributed by atoms with van der Waals surface area (Å²) in [6.07, 6.45) is 3.90. The third-order valence-corrected chi connectivity index (χ3v) is 3.66. The van der Waals surface area contributed by atoms with Crippen LogP contribution < -0.4 is 11.4 Å².